The van der Waals surface area contributed by atoms with E-state index in [1.165, 1.54) is 12.1 Å². The van der Waals surface area contributed by atoms with Crippen molar-refractivity contribution < 1.29 is 15.0 Å². The number of rotatable bonds is 3. The van der Waals surface area contributed by atoms with Crippen LogP contribution in [0.25, 0.3) is 6.08 Å². The summed E-state index contributed by atoms with van der Waals surface area (Å²) in [6, 6.07) is 4.88. The van der Waals surface area contributed by atoms with Crippen LogP contribution in [0.5, 0.6) is 5.75 Å². The van der Waals surface area contributed by atoms with Gasteiger partial charge in [-0.1, -0.05) is 6.07 Å². The first kappa shape index (κ1) is 10.1. The number of hydrogen-bond donors (Lipinski definition) is 3. The number of phenols is 1. The van der Waals surface area contributed by atoms with Crippen LogP contribution in [-0.2, 0) is 4.79 Å². The van der Waals surface area contributed by atoms with Gasteiger partial charge < -0.3 is 15.5 Å². The summed E-state index contributed by atoms with van der Waals surface area (Å²) in [5.74, 6) is -0.915. The van der Waals surface area contributed by atoms with E-state index in [1.54, 1.807) is 19.2 Å². The topological polar surface area (TPSA) is 69.6 Å². The Labute approximate surface area is 81.5 Å². The van der Waals surface area contributed by atoms with Crippen molar-refractivity contribution in [2.45, 2.75) is 0 Å². The van der Waals surface area contributed by atoms with E-state index in [0.29, 0.717) is 11.3 Å². The predicted octanol–water partition coefficient (Wildman–Crippen LogP) is 1.53. The van der Waals surface area contributed by atoms with Gasteiger partial charge in [-0.3, -0.25) is 0 Å². The minimum Gasteiger partial charge on any atom is -0.506 e. The molecular weight excluding hydrogens is 182 g/mol. The number of hydrogen-bond acceptors (Lipinski definition) is 3. The molecule has 0 spiro atoms. The Kier molecular flexibility index (Phi) is 3.12. The second-order valence-corrected chi connectivity index (χ2v) is 2.70. The smallest absolute Gasteiger partial charge is 0.328 e. The molecule has 3 N–H and O–H groups in total. The summed E-state index contributed by atoms with van der Waals surface area (Å²) >= 11 is 0. The maximum Gasteiger partial charge on any atom is 0.328 e. The molecule has 1 aromatic carbocycles. The van der Waals surface area contributed by atoms with Crippen molar-refractivity contribution in [3.63, 3.8) is 0 Å². The lowest BCUT2D eigenvalue weighted by Gasteiger charge is -2.03. The average Bonchev–Trinajstić information content (AvgIpc) is 2.15. The summed E-state index contributed by atoms with van der Waals surface area (Å²) in [4.78, 5) is 10.2. The lowest BCUT2D eigenvalue weighted by Crippen LogP contribution is -1.89. The minimum atomic E-state index is -1.01. The Morgan fingerprint density at radius 1 is 1.50 bits per heavy atom. The van der Waals surface area contributed by atoms with E-state index in [2.05, 4.69) is 5.32 Å². The second-order valence-electron chi connectivity index (χ2n) is 2.70. The number of carbonyl (C=O) groups is 1. The van der Waals surface area contributed by atoms with E-state index in [-0.39, 0.29) is 5.75 Å². The molecule has 1 aromatic rings. The van der Waals surface area contributed by atoms with Gasteiger partial charge in [-0.05, 0) is 23.8 Å². The normalized spacial score (nSPS) is 10.4. The summed E-state index contributed by atoms with van der Waals surface area (Å²) in [6.45, 7) is 0. The first-order valence-electron chi connectivity index (χ1n) is 4.05. The van der Waals surface area contributed by atoms with Gasteiger partial charge in [0.25, 0.3) is 0 Å². The van der Waals surface area contributed by atoms with Crippen LogP contribution < -0.4 is 5.32 Å². The Bertz CT molecular complexity index is 372. The van der Waals surface area contributed by atoms with Gasteiger partial charge in [0, 0.05) is 13.1 Å². The second kappa shape index (κ2) is 4.32. The first-order valence-corrected chi connectivity index (χ1v) is 4.05. The minimum absolute atomic E-state index is 0.0973. The predicted molar refractivity (Wildman–Crippen MR) is 54.3 cm³/mol. The fourth-order valence-electron chi connectivity index (χ4n) is 1.03. The quantitative estimate of drug-likeness (QED) is 0.503. The third-order valence-electron chi connectivity index (χ3n) is 1.71. The van der Waals surface area contributed by atoms with Gasteiger partial charge in [0.05, 0.1) is 5.69 Å². The standard InChI is InChI=1S/C10H11NO3/c1-11-8-4-2-7(6-9(8)12)3-5-10(13)14/h2-6,11-12H,1H3,(H,13,14)/b5-3+. The molecule has 0 saturated carbocycles. The van der Waals surface area contributed by atoms with E-state index < -0.39 is 5.97 Å². The van der Waals surface area contributed by atoms with Gasteiger partial charge >= 0.3 is 5.97 Å². The number of aromatic hydroxyl groups is 1. The molecule has 0 atom stereocenters. The Hall–Kier alpha value is -1.97. The highest BCUT2D eigenvalue weighted by atomic mass is 16.4. The zero-order valence-corrected chi connectivity index (χ0v) is 7.69. The fourth-order valence-corrected chi connectivity index (χ4v) is 1.03. The fraction of sp³-hybridized carbons (Fsp3) is 0.100. The van der Waals surface area contributed by atoms with Crippen LogP contribution >= 0.6 is 0 Å². The van der Waals surface area contributed by atoms with Crippen LogP contribution in [0, 0.1) is 0 Å². The number of anilines is 1. The molecule has 0 aliphatic rings. The van der Waals surface area contributed by atoms with Crippen molar-refractivity contribution in [3.8, 4) is 5.75 Å². The van der Waals surface area contributed by atoms with Crippen LogP contribution in [0.15, 0.2) is 24.3 Å². The number of aliphatic carboxylic acids is 1. The molecule has 0 bridgehead atoms. The molecular formula is C10H11NO3. The molecule has 1 rings (SSSR count). The average molecular weight is 193 g/mol. The zero-order valence-electron chi connectivity index (χ0n) is 7.69. The Morgan fingerprint density at radius 3 is 2.71 bits per heavy atom. The first-order chi connectivity index (χ1) is 6.63. The van der Waals surface area contributed by atoms with Crippen molar-refractivity contribution in [3.05, 3.63) is 29.8 Å². The highest BCUT2D eigenvalue weighted by Gasteiger charge is 1.98. The third-order valence-corrected chi connectivity index (χ3v) is 1.71. The molecule has 0 aliphatic heterocycles. The summed E-state index contributed by atoms with van der Waals surface area (Å²) in [5.41, 5.74) is 1.25. The largest absolute Gasteiger partial charge is 0.506 e. The molecule has 0 fully saturated rings. The Balaban J connectivity index is 2.91. The monoisotopic (exact) mass is 193 g/mol. The van der Waals surface area contributed by atoms with Gasteiger partial charge in [0.1, 0.15) is 5.75 Å². The molecule has 0 saturated heterocycles. The summed E-state index contributed by atoms with van der Waals surface area (Å²) in [7, 11) is 1.70. The summed E-state index contributed by atoms with van der Waals surface area (Å²) < 4.78 is 0. The van der Waals surface area contributed by atoms with Crippen molar-refractivity contribution in [1.29, 1.82) is 0 Å². The number of carboxylic acids is 1. The molecule has 4 heteroatoms. The van der Waals surface area contributed by atoms with Crippen molar-refractivity contribution >= 4 is 17.7 Å². The molecule has 0 aliphatic carbocycles. The van der Waals surface area contributed by atoms with Gasteiger partial charge in [0.2, 0.25) is 0 Å². The molecule has 0 amide bonds. The molecule has 0 unspecified atom stereocenters. The van der Waals surface area contributed by atoms with E-state index >= 15 is 0 Å². The molecule has 4 nitrogen and oxygen atoms in total. The van der Waals surface area contributed by atoms with Crippen molar-refractivity contribution in [2.75, 3.05) is 12.4 Å². The number of carboxylic acid groups (broad SMARTS) is 1. The molecule has 0 heterocycles. The maximum atomic E-state index is 10.2. The summed E-state index contributed by atoms with van der Waals surface area (Å²) in [5, 5.41) is 20.6. The van der Waals surface area contributed by atoms with Gasteiger partial charge in [-0.2, -0.15) is 0 Å². The van der Waals surface area contributed by atoms with Gasteiger partial charge in [0.15, 0.2) is 0 Å². The summed E-state index contributed by atoms with van der Waals surface area (Å²) in [6.07, 6.45) is 2.44. The lowest BCUT2D eigenvalue weighted by atomic mass is 10.2. The zero-order chi connectivity index (χ0) is 10.6. The number of benzene rings is 1. The van der Waals surface area contributed by atoms with E-state index in [4.69, 9.17) is 5.11 Å². The van der Waals surface area contributed by atoms with Crippen molar-refractivity contribution in [1.82, 2.24) is 0 Å². The number of nitrogens with one attached hydrogen (secondary N) is 1. The van der Waals surface area contributed by atoms with Crippen LogP contribution in [0.4, 0.5) is 5.69 Å². The molecule has 14 heavy (non-hydrogen) atoms. The maximum absolute atomic E-state index is 10.2. The molecule has 0 aromatic heterocycles. The molecule has 74 valence electrons. The van der Waals surface area contributed by atoms with Crippen LogP contribution in [0.2, 0.25) is 0 Å². The van der Waals surface area contributed by atoms with Crippen LogP contribution in [0.3, 0.4) is 0 Å². The van der Waals surface area contributed by atoms with Crippen molar-refractivity contribution in [2.24, 2.45) is 0 Å². The van der Waals surface area contributed by atoms with E-state index in [0.717, 1.165) is 6.08 Å². The van der Waals surface area contributed by atoms with Crippen LogP contribution in [0.1, 0.15) is 5.56 Å². The van der Waals surface area contributed by atoms with E-state index in [9.17, 15) is 9.90 Å². The van der Waals surface area contributed by atoms with Crippen LogP contribution in [-0.4, -0.2) is 23.2 Å². The van der Waals surface area contributed by atoms with Gasteiger partial charge in [-0.15, -0.1) is 0 Å². The highest BCUT2D eigenvalue weighted by molar-refractivity contribution is 5.85. The lowest BCUT2D eigenvalue weighted by molar-refractivity contribution is -0.131. The molecule has 0 radical (unpaired) electrons. The SMILES string of the molecule is CNc1ccc(/C=C/C(=O)O)cc1O. The van der Waals surface area contributed by atoms with Gasteiger partial charge in [-0.25, -0.2) is 4.79 Å². The highest BCUT2D eigenvalue weighted by Crippen LogP contribution is 2.23. The third kappa shape index (κ3) is 2.52. The number of phenolic OH excluding ortho intramolecular Hbond substituents is 1. The van der Waals surface area contributed by atoms with E-state index in [1.807, 2.05) is 0 Å². The Morgan fingerprint density at radius 2 is 2.21 bits per heavy atom.